The smallest absolute Gasteiger partial charge is 0.323 e. The SMILES string of the molecule is Cc1nc(Oc2ccc(NC(=O)Nc3ccc(C(C)(C)C)cc3)cc2)cc(-n2ccnc2)n1. The molecule has 0 saturated heterocycles. The van der Waals surface area contributed by atoms with Crippen molar-refractivity contribution in [2.24, 2.45) is 0 Å². The molecule has 2 amide bonds. The van der Waals surface area contributed by atoms with E-state index in [1.54, 1.807) is 60.5 Å². The molecule has 2 N–H and O–H groups in total. The molecular weight excluding hydrogens is 416 g/mol. The Hall–Kier alpha value is -4.20. The van der Waals surface area contributed by atoms with E-state index in [9.17, 15) is 4.79 Å². The van der Waals surface area contributed by atoms with Gasteiger partial charge >= 0.3 is 6.03 Å². The summed E-state index contributed by atoms with van der Waals surface area (Å²) in [5.74, 6) is 2.26. The zero-order valence-electron chi connectivity index (χ0n) is 19.0. The molecule has 2 aromatic heterocycles. The van der Waals surface area contributed by atoms with Gasteiger partial charge in [0.05, 0.1) is 0 Å². The van der Waals surface area contributed by atoms with E-state index in [2.05, 4.69) is 46.4 Å². The van der Waals surface area contributed by atoms with Crippen molar-refractivity contribution in [1.29, 1.82) is 0 Å². The molecule has 0 atom stereocenters. The number of hydrogen-bond donors (Lipinski definition) is 2. The highest BCUT2D eigenvalue weighted by Gasteiger charge is 2.13. The summed E-state index contributed by atoms with van der Waals surface area (Å²) < 4.78 is 7.66. The standard InChI is InChI=1S/C25H26N6O2/c1-17-27-22(31-14-13-26-16-31)15-23(28-17)33-21-11-9-20(10-12-21)30-24(32)29-19-7-5-18(6-8-19)25(2,3)4/h5-16H,1-4H3,(H2,29,30,32). The lowest BCUT2D eigenvalue weighted by Gasteiger charge is -2.19. The van der Waals surface area contributed by atoms with Gasteiger partial charge in [-0.3, -0.25) is 4.57 Å². The third-order valence-electron chi connectivity index (χ3n) is 4.91. The molecule has 0 spiro atoms. The Kier molecular flexibility index (Phi) is 6.08. The minimum Gasteiger partial charge on any atom is -0.439 e. The van der Waals surface area contributed by atoms with Crippen LogP contribution in [0.5, 0.6) is 11.6 Å². The lowest BCUT2D eigenvalue weighted by molar-refractivity contribution is 0.262. The van der Waals surface area contributed by atoms with Crippen molar-refractivity contribution in [2.45, 2.75) is 33.1 Å². The molecule has 0 unspecified atom stereocenters. The van der Waals surface area contributed by atoms with Crippen LogP contribution < -0.4 is 15.4 Å². The van der Waals surface area contributed by atoms with Crippen molar-refractivity contribution in [3.05, 3.63) is 84.7 Å². The first-order chi connectivity index (χ1) is 15.8. The molecule has 0 aliphatic heterocycles. The van der Waals surface area contributed by atoms with E-state index in [1.807, 2.05) is 24.3 Å². The maximum Gasteiger partial charge on any atom is 0.323 e. The molecule has 2 heterocycles. The fourth-order valence-corrected chi connectivity index (χ4v) is 3.18. The Labute approximate surface area is 192 Å². The molecule has 4 rings (SSSR count). The Morgan fingerprint density at radius 2 is 1.58 bits per heavy atom. The number of anilines is 2. The Bertz CT molecular complexity index is 1230. The van der Waals surface area contributed by atoms with Gasteiger partial charge in [-0.1, -0.05) is 32.9 Å². The number of benzene rings is 2. The topological polar surface area (TPSA) is 94.0 Å². The summed E-state index contributed by atoms with van der Waals surface area (Å²) in [6.07, 6.45) is 5.15. The van der Waals surface area contributed by atoms with Crippen LogP contribution in [0.3, 0.4) is 0 Å². The fraction of sp³-hybridized carbons (Fsp3) is 0.200. The van der Waals surface area contributed by atoms with E-state index in [0.717, 1.165) is 5.69 Å². The summed E-state index contributed by atoms with van der Waals surface area (Å²) in [7, 11) is 0. The summed E-state index contributed by atoms with van der Waals surface area (Å²) >= 11 is 0. The average Bonchev–Trinajstić information content (AvgIpc) is 3.29. The largest absolute Gasteiger partial charge is 0.439 e. The third kappa shape index (κ3) is 5.74. The van der Waals surface area contributed by atoms with Gasteiger partial charge in [-0.15, -0.1) is 0 Å². The van der Waals surface area contributed by atoms with E-state index in [1.165, 1.54) is 5.56 Å². The van der Waals surface area contributed by atoms with E-state index >= 15 is 0 Å². The van der Waals surface area contributed by atoms with Crippen molar-refractivity contribution < 1.29 is 9.53 Å². The summed E-state index contributed by atoms with van der Waals surface area (Å²) in [4.78, 5) is 25.1. The van der Waals surface area contributed by atoms with Crippen LogP contribution in [0.15, 0.2) is 73.3 Å². The van der Waals surface area contributed by atoms with Gasteiger partial charge in [0.2, 0.25) is 5.88 Å². The second-order valence-electron chi connectivity index (χ2n) is 8.61. The van der Waals surface area contributed by atoms with Crippen molar-refractivity contribution in [3.63, 3.8) is 0 Å². The lowest BCUT2D eigenvalue weighted by Crippen LogP contribution is -2.19. The van der Waals surface area contributed by atoms with Crippen molar-refractivity contribution >= 4 is 17.4 Å². The summed E-state index contributed by atoms with van der Waals surface area (Å²) in [6.45, 7) is 8.26. The molecule has 4 aromatic rings. The predicted molar refractivity (Wildman–Crippen MR) is 128 cm³/mol. The van der Waals surface area contributed by atoms with Gasteiger partial charge in [0.15, 0.2) is 0 Å². The highest BCUT2D eigenvalue weighted by molar-refractivity contribution is 5.99. The third-order valence-corrected chi connectivity index (χ3v) is 4.91. The Balaban J connectivity index is 1.37. The van der Waals surface area contributed by atoms with Gasteiger partial charge in [0.25, 0.3) is 0 Å². The van der Waals surface area contributed by atoms with Crippen LogP contribution in [0, 0.1) is 6.92 Å². The highest BCUT2D eigenvalue weighted by Crippen LogP contribution is 2.25. The second kappa shape index (κ2) is 9.12. The van der Waals surface area contributed by atoms with Crippen molar-refractivity contribution in [3.8, 4) is 17.4 Å². The summed E-state index contributed by atoms with van der Waals surface area (Å²) in [5, 5.41) is 5.67. The number of imidazole rings is 1. The van der Waals surface area contributed by atoms with E-state index in [0.29, 0.717) is 29.0 Å². The minimum absolute atomic E-state index is 0.0656. The van der Waals surface area contributed by atoms with Crippen molar-refractivity contribution in [2.75, 3.05) is 10.6 Å². The number of ether oxygens (including phenoxy) is 1. The van der Waals surface area contributed by atoms with Gasteiger partial charge < -0.3 is 15.4 Å². The first-order valence-electron chi connectivity index (χ1n) is 10.6. The first-order valence-corrected chi connectivity index (χ1v) is 10.6. The molecule has 0 saturated carbocycles. The molecular formula is C25H26N6O2. The predicted octanol–water partition coefficient (Wildman–Crippen LogP) is 5.70. The van der Waals surface area contributed by atoms with Gasteiger partial charge in [-0.05, 0) is 54.3 Å². The quantitative estimate of drug-likeness (QED) is 0.413. The number of amides is 2. The number of urea groups is 1. The van der Waals surface area contributed by atoms with Gasteiger partial charge in [0.1, 0.15) is 23.7 Å². The maximum absolute atomic E-state index is 12.3. The van der Waals surface area contributed by atoms with Crippen LogP contribution in [0.25, 0.3) is 5.82 Å². The zero-order chi connectivity index (χ0) is 23.4. The molecule has 8 heteroatoms. The van der Waals surface area contributed by atoms with Crippen LogP contribution in [0.2, 0.25) is 0 Å². The monoisotopic (exact) mass is 442 g/mol. The molecule has 8 nitrogen and oxygen atoms in total. The average molecular weight is 443 g/mol. The highest BCUT2D eigenvalue weighted by atomic mass is 16.5. The van der Waals surface area contributed by atoms with Crippen LogP contribution in [-0.2, 0) is 5.41 Å². The number of aromatic nitrogens is 4. The molecule has 0 aliphatic rings. The number of carbonyl (C=O) groups is 1. The molecule has 0 radical (unpaired) electrons. The van der Waals surface area contributed by atoms with Crippen LogP contribution in [0.4, 0.5) is 16.2 Å². The molecule has 0 bridgehead atoms. The molecule has 2 aromatic carbocycles. The fourth-order valence-electron chi connectivity index (χ4n) is 3.18. The van der Waals surface area contributed by atoms with E-state index in [4.69, 9.17) is 4.74 Å². The Morgan fingerprint density at radius 1 is 0.939 bits per heavy atom. The number of hydrogen-bond acceptors (Lipinski definition) is 5. The van der Waals surface area contributed by atoms with Gasteiger partial charge in [-0.2, -0.15) is 4.98 Å². The molecule has 33 heavy (non-hydrogen) atoms. The number of rotatable bonds is 5. The number of aryl methyl sites for hydroxylation is 1. The lowest BCUT2D eigenvalue weighted by atomic mass is 9.87. The van der Waals surface area contributed by atoms with Gasteiger partial charge in [-0.25, -0.2) is 14.8 Å². The molecule has 168 valence electrons. The van der Waals surface area contributed by atoms with Crippen LogP contribution in [-0.4, -0.2) is 25.6 Å². The first kappa shape index (κ1) is 22.0. The second-order valence-corrected chi connectivity index (χ2v) is 8.61. The minimum atomic E-state index is -0.316. The van der Waals surface area contributed by atoms with E-state index < -0.39 is 0 Å². The summed E-state index contributed by atoms with van der Waals surface area (Å²) in [6, 6.07) is 16.3. The molecule has 0 aliphatic carbocycles. The van der Waals surface area contributed by atoms with Crippen LogP contribution in [0.1, 0.15) is 32.2 Å². The number of carbonyl (C=O) groups excluding carboxylic acids is 1. The van der Waals surface area contributed by atoms with Gasteiger partial charge in [0, 0.05) is 29.8 Å². The van der Waals surface area contributed by atoms with E-state index in [-0.39, 0.29) is 11.4 Å². The number of nitrogens with zero attached hydrogens (tertiary/aromatic N) is 4. The van der Waals surface area contributed by atoms with Crippen LogP contribution >= 0.6 is 0 Å². The zero-order valence-corrected chi connectivity index (χ0v) is 19.0. The maximum atomic E-state index is 12.3. The number of nitrogens with one attached hydrogen (secondary N) is 2. The molecule has 0 fully saturated rings. The normalized spacial score (nSPS) is 11.2. The summed E-state index contributed by atoms with van der Waals surface area (Å²) in [5.41, 5.74) is 2.65. The Morgan fingerprint density at radius 3 is 2.15 bits per heavy atom. The van der Waals surface area contributed by atoms with Crippen molar-refractivity contribution in [1.82, 2.24) is 19.5 Å².